The van der Waals surface area contributed by atoms with Gasteiger partial charge < -0.3 is 5.11 Å². The molecule has 2 unspecified atom stereocenters. The van der Waals surface area contributed by atoms with E-state index in [1.807, 2.05) is 0 Å². The summed E-state index contributed by atoms with van der Waals surface area (Å²) in [7, 11) is 2.32. The van der Waals surface area contributed by atoms with Gasteiger partial charge in [0.25, 0.3) is 0 Å². The average molecular weight is 238 g/mol. The SMILES string of the molecule is CN1C2CCC1CN(C1CCC(O)CC1)CC2. The van der Waals surface area contributed by atoms with Crippen LogP contribution in [0.3, 0.4) is 0 Å². The summed E-state index contributed by atoms with van der Waals surface area (Å²) < 4.78 is 0. The van der Waals surface area contributed by atoms with Crippen molar-refractivity contribution in [1.82, 2.24) is 9.80 Å². The number of rotatable bonds is 1. The Kier molecular flexibility index (Phi) is 3.42. The van der Waals surface area contributed by atoms with Crippen LogP contribution in [-0.4, -0.2) is 59.3 Å². The van der Waals surface area contributed by atoms with E-state index in [1.165, 1.54) is 45.2 Å². The van der Waals surface area contributed by atoms with Crippen molar-refractivity contribution < 1.29 is 5.11 Å². The first-order valence-corrected chi connectivity index (χ1v) is 7.38. The summed E-state index contributed by atoms with van der Waals surface area (Å²) in [5.74, 6) is 0. The zero-order valence-electron chi connectivity index (χ0n) is 11.0. The Hall–Kier alpha value is -0.120. The summed E-state index contributed by atoms with van der Waals surface area (Å²) in [5, 5.41) is 9.60. The predicted molar refractivity (Wildman–Crippen MR) is 69.0 cm³/mol. The first-order valence-electron chi connectivity index (χ1n) is 7.38. The minimum absolute atomic E-state index is 0.0163. The van der Waals surface area contributed by atoms with Gasteiger partial charge in [-0.25, -0.2) is 0 Å². The molecule has 0 spiro atoms. The van der Waals surface area contributed by atoms with Crippen LogP contribution in [0, 0.1) is 0 Å². The average Bonchev–Trinajstić information content (AvgIpc) is 2.55. The van der Waals surface area contributed by atoms with Crippen LogP contribution in [0.4, 0.5) is 0 Å². The van der Waals surface area contributed by atoms with Crippen LogP contribution in [0.25, 0.3) is 0 Å². The molecule has 0 aromatic rings. The third kappa shape index (κ3) is 2.38. The summed E-state index contributed by atoms with van der Waals surface area (Å²) in [6.07, 6.45) is 8.61. The Morgan fingerprint density at radius 2 is 1.47 bits per heavy atom. The van der Waals surface area contributed by atoms with Gasteiger partial charge in [0, 0.05) is 24.7 Å². The standard InChI is InChI=1S/C14H26N2O/c1-15-11-2-3-13(15)10-16(9-8-11)12-4-6-14(17)7-5-12/h11-14,17H,2-10H2,1H3. The lowest BCUT2D eigenvalue weighted by atomic mass is 9.91. The molecule has 2 saturated heterocycles. The molecule has 2 bridgehead atoms. The summed E-state index contributed by atoms with van der Waals surface area (Å²) in [5.41, 5.74) is 0. The van der Waals surface area contributed by atoms with Gasteiger partial charge in [0.1, 0.15) is 0 Å². The molecule has 98 valence electrons. The van der Waals surface area contributed by atoms with Gasteiger partial charge in [0.15, 0.2) is 0 Å². The molecule has 2 atom stereocenters. The van der Waals surface area contributed by atoms with Crippen LogP contribution in [0.15, 0.2) is 0 Å². The third-order valence-electron chi connectivity index (χ3n) is 5.36. The topological polar surface area (TPSA) is 26.7 Å². The number of aliphatic hydroxyl groups is 1. The highest BCUT2D eigenvalue weighted by atomic mass is 16.3. The lowest BCUT2D eigenvalue weighted by Crippen LogP contribution is -2.44. The molecule has 1 saturated carbocycles. The van der Waals surface area contributed by atoms with Crippen molar-refractivity contribution in [2.45, 2.75) is 69.2 Å². The molecule has 1 N–H and O–H groups in total. The van der Waals surface area contributed by atoms with Crippen molar-refractivity contribution in [2.24, 2.45) is 0 Å². The number of aliphatic hydroxyl groups excluding tert-OH is 1. The molecular formula is C14H26N2O. The molecule has 3 fully saturated rings. The Bertz CT molecular complexity index is 263. The fraction of sp³-hybridized carbons (Fsp3) is 1.00. The Balaban J connectivity index is 1.61. The molecule has 2 aliphatic heterocycles. The Labute approximate surface area is 105 Å². The van der Waals surface area contributed by atoms with Crippen LogP contribution in [0.2, 0.25) is 0 Å². The van der Waals surface area contributed by atoms with Crippen LogP contribution in [-0.2, 0) is 0 Å². The quantitative estimate of drug-likeness (QED) is 0.749. The minimum Gasteiger partial charge on any atom is -0.393 e. The molecule has 3 aliphatic rings. The summed E-state index contributed by atoms with van der Waals surface area (Å²) in [6.45, 7) is 2.56. The fourth-order valence-electron chi connectivity index (χ4n) is 4.09. The van der Waals surface area contributed by atoms with E-state index in [4.69, 9.17) is 0 Å². The van der Waals surface area contributed by atoms with Crippen LogP contribution in [0.1, 0.15) is 44.9 Å². The molecule has 2 heterocycles. The molecule has 3 rings (SSSR count). The van der Waals surface area contributed by atoms with Crippen molar-refractivity contribution in [3.63, 3.8) is 0 Å². The smallest absolute Gasteiger partial charge is 0.0541 e. The first-order chi connectivity index (χ1) is 8.24. The van der Waals surface area contributed by atoms with Gasteiger partial charge in [-0.2, -0.15) is 0 Å². The molecule has 3 heteroatoms. The van der Waals surface area contributed by atoms with Gasteiger partial charge in [-0.05, 0) is 58.5 Å². The number of hydrogen-bond donors (Lipinski definition) is 1. The largest absolute Gasteiger partial charge is 0.393 e. The maximum absolute atomic E-state index is 9.60. The van der Waals surface area contributed by atoms with E-state index in [2.05, 4.69) is 16.8 Å². The highest BCUT2D eigenvalue weighted by molar-refractivity contribution is 4.93. The number of nitrogens with zero attached hydrogens (tertiary/aromatic N) is 2. The highest BCUT2D eigenvalue weighted by Crippen LogP contribution is 2.32. The van der Waals surface area contributed by atoms with E-state index in [-0.39, 0.29) is 6.10 Å². The van der Waals surface area contributed by atoms with Crippen molar-refractivity contribution in [3.05, 3.63) is 0 Å². The zero-order chi connectivity index (χ0) is 11.8. The molecule has 0 aromatic heterocycles. The van der Waals surface area contributed by atoms with E-state index in [1.54, 1.807) is 0 Å². The zero-order valence-corrected chi connectivity index (χ0v) is 11.0. The van der Waals surface area contributed by atoms with E-state index in [9.17, 15) is 5.11 Å². The van der Waals surface area contributed by atoms with Crippen molar-refractivity contribution in [1.29, 1.82) is 0 Å². The second-order valence-corrected chi connectivity index (χ2v) is 6.30. The van der Waals surface area contributed by atoms with Crippen molar-refractivity contribution >= 4 is 0 Å². The number of fused-ring (bicyclic) bond motifs is 2. The van der Waals surface area contributed by atoms with Crippen molar-refractivity contribution in [2.75, 3.05) is 20.1 Å². The van der Waals surface area contributed by atoms with Crippen molar-refractivity contribution in [3.8, 4) is 0 Å². The highest BCUT2D eigenvalue weighted by Gasteiger charge is 2.37. The van der Waals surface area contributed by atoms with Gasteiger partial charge >= 0.3 is 0 Å². The van der Waals surface area contributed by atoms with Gasteiger partial charge in [-0.3, -0.25) is 9.80 Å². The minimum atomic E-state index is -0.0163. The monoisotopic (exact) mass is 238 g/mol. The lowest BCUT2D eigenvalue weighted by Gasteiger charge is -2.36. The maximum atomic E-state index is 9.60. The number of hydrogen-bond acceptors (Lipinski definition) is 3. The summed E-state index contributed by atoms with van der Waals surface area (Å²) >= 11 is 0. The second kappa shape index (κ2) is 4.87. The predicted octanol–water partition coefficient (Wildman–Crippen LogP) is 1.46. The maximum Gasteiger partial charge on any atom is 0.0541 e. The Morgan fingerprint density at radius 1 is 0.824 bits per heavy atom. The molecule has 0 aromatic carbocycles. The third-order valence-corrected chi connectivity index (χ3v) is 5.36. The van der Waals surface area contributed by atoms with E-state index in [0.29, 0.717) is 0 Å². The van der Waals surface area contributed by atoms with E-state index in [0.717, 1.165) is 31.0 Å². The van der Waals surface area contributed by atoms with Gasteiger partial charge in [-0.15, -0.1) is 0 Å². The second-order valence-electron chi connectivity index (χ2n) is 6.30. The molecule has 1 aliphatic carbocycles. The lowest BCUT2D eigenvalue weighted by molar-refractivity contribution is 0.0695. The van der Waals surface area contributed by atoms with Crippen LogP contribution in [0.5, 0.6) is 0 Å². The molecule has 0 radical (unpaired) electrons. The molecule has 17 heavy (non-hydrogen) atoms. The van der Waals surface area contributed by atoms with Crippen LogP contribution < -0.4 is 0 Å². The Morgan fingerprint density at radius 3 is 2.24 bits per heavy atom. The molecule has 3 nitrogen and oxygen atoms in total. The van der Waals surface area contributed by atoms with E-state index < -0.39 is 0 Å². The number of likely N-dealkylation sites (N-methyl/N-ethyl adjacent to an activating group) is 1. The van der Waals surface area contributed by atoms with Gasteiger partial charge in [-0.1, -0.05) is 0 Å². The summed E-state index contributed by atoms with van der Waals surface area (Å²) in [4.78, 5) is 5.35. The molecule has 0 amide bonds. The van der Waals surface area contributed by atoms with E-state index >= 15 is 0 Å². The fourth-order valence-corrected chi connectivity index (χ4v) is 4.09. The molecular weight excluding hydrogens is 212 g/mol. The summed E-state index contributed by atoms with van der Waals surface area (Å²) in [6, 6.07) is 2.40. The first kappa shape index (κ1) is 11.9. The normalized spacial score (nSPS) is 44.8. The van der Waals surface area contributed by atoms with Gasteiger partial charge in [0.2, 0.25) is 0 Å². The van der Waals surface area contributed by atoms with Gasteiger partial charge in [0.05, 0.1) is 6.10 Å². The van der Waals surface area contributed by atoms with Crippen LogP contribution >= 0.6 is 0 Å². The number of likely N-dealkylation sites (tertiary alicyclic amines) is 1.